The average Bonchev–Trinajstić information content (AvgIpc) is 2.26. The molecule has 0 radical (unpaired) electrons. The molecule has 1 rings (SSSR count). The zero-order chi connectivity index (χ0) is 11.3. The Morgan fingerprint density at radius 2 is 1.80 bits per heavy atom. The van der Waals surface area contributed by atoms with Gasteiger partial charge in [0.15, 0.2) is 0 Å². The van der Waals surface area contributed by atoms with Gasteiger partial charge in [0.05, 0.1) is 7.11 Å². The van der Waals surface area contributed by atoms with Crippen molar-refractivity contribution in [1.82, 2.24) is 0 Å². The molecule has 15 heavy (non-hydrogen) atoms. The highest BCUT2D eigenvalue weighted by Crippen LogP contribution is 2.11. The second-order valence-electron chi connectivity index (χ2n) is 2.61. The molecule has 1 N–H and O–H groups in total. The lowest BCUT2D eigenvalue weighted by atomic mass is 10.1. The Labute approximate surface area is 86.5 Å². The van der Waals surface area contributed by atoms with Gasteiger partial charge in [-0.1, -0.05) is 0 Å². The first kappa shape index (κ1) is 10.8. The van der Waals surface area contributed by atoms with Crippen LogP contribution in [0.3, 0.4) is 0 Å². The number of hydrogen-bond donors (Lipinski definition) is 1. The fourth-order valence-electron chi connectivity index (χ4n) is 0.925. The molecule has 0 saturated heterocycles. The van der Waals surface area contributed by atoms with Gasteiger partial charge in [-0.3, -0.25) is 4.79 Å². The summed E-state index contributed by atoms with van der Waals surface area (Å²) in [5.41, 5.74) is 0.338. The number of carbonyl (C=O) groups is 2. The SMILES string of the molecule is COc1ccc(C(=O)C#CC(=O)O)cc1. The van der Waals surface area contributed by atoms with Crippen molar-refractivity contribution in [2.75, 3.05) is 7.11 Å². The van der Waals surface area contributed by atoms with Gasteiger partial charge in [-0.15, -0.1) is 0 Å². The molecule has 1 aromatic rings. The number of Topliss-reactive ketones (excluding diaryl/α,β-unsaturated/α-hetero) is 1. The van der Waals surface area contributed by atoms with Gasteiger partial charge in [0, 0.05) is 11.5 Å². The zero-order valence-corrected chi connectivity index (χ0v) is 7.98. The molecular formula is C11H8O4. The number of ketones is 1. The third kappa shape index (κ3) is 3.16. The van der Waals surface area contributed by atoms with Crippen molar-refractivity contribution in [2.45, 2.75) is 0 Å². The van der Waals surface area contributed by atoms with Gasteiger partial charge in [-0.25, -0.2) is 4.79 Å². The molecule has 0 aliphatic carbocycles. The molecule has 4 heteroatoms. The number of methoxy groups -OCH3 is 1. The molecule has 0 aliphatic rings. The van der Waals surface area contributed by atoms with E-state index in [0.29, 0.717) is 11.3 Å². The third-order valence-electron chi connectivity index (χ3n) is 1.64. The van der Waals surface area contributed by atoms with Crippen LogP contribution >= 0.6 is 0 Å². The lowest BCUT2D eigenvalue weighted by Gasteiger charge is -1.98. The lowest BCUT2D eigenvalue weighted by Crippen LogP contribution is -1.97. The number of aliphatic carboxylic acids is 1. The molecule has 1 aromatic carbocycles. The molecule has 0 bridgehead atoms. The molecule has 0 amide bonds. The summed E-state index contributed by atoms with van der Waals surface area (Å²) in [6, 6.07) is 6.26. The second kappa shape index (κ2) is 4.82. The fourth-order valence-corrected chi connectivity index (χ4v) is 0.925. The van der Waals surface area contributed by atoms with Crippen LogP contribution in [0.25, 0.3) is 0 Å². The monoisotopic (exact) mass is 204 g/mol. The summed E-state index contributed by atoms with van der Waals surface area (Å²) < 4.78 is 4.91. The largest absolute Gasteiger partial charge is 0.497 e. The summed E-state index contributed by atoms with van der Waals surface area (Å²) in [6.07, 6.45) is 0. The van der Waals surface area contributed by atoms with Crippen LogP contribution in [-0.2, 0) is 4.79 Å². The first-order chi connectivity index (χ1) is 7.13. The Morgan fingerprint density at radius 1 is 1.20 bits per heavy atom. The van der Waals surface area contributed by atoms with Crippen LogP contribution in [-0.4, -0.2) is 24.0 Å². The fraction of sp³-hybridized carbons (Fsp3) is 0.0909. The van der Waals surface area contributed by atoms with E-state index in [1.54, 1.807) is 18.1 Å². The molecule has 4 nitrogen and oxygen atoms in total. The summed E-state index contributed by atoms with van der Waals surface area (Å²) >= 11 is 0. The maximum atomic E-state index is 11.3. The molecule has 76 valence electrons. The molecule has 0 heterocycles. The maximum Gasteiger partial charge on any atom is 0.382 e. The molecule has 0 aromatic heterocycles. The second-order valence-corrected chi connectivity index (χ2v) is 2.61. The van der Waals surface area contributed by atoms with Crippen molar-refractivity contribution in [2.24, 2.45) is 0 Å². The topological polar surface area (TPSA) is 63.6 Å². The number of carbonyl (C=O) groups excluding carboxylic acids is 1. The van der Waals surface area contributed by atoms with E-state index in [9.17, 15) is 9.59 Å². The van der Waals surface area contributed by atoms with E-state index >= 15 is 0 Å². The number of benzene rings is 1. The lowest BCUT2D eigenvalue weighted by molar-refractivity contribution is -0.130. The predicted molar refractivity (Wildman–Crippen MR) is 52.7 cm³/mol. The van der Waals surface area contributed by atoms with E-state index in [0.717, 1.165) is 0 Å². The Balaban J connectivity index is 2.85. The van der Waals surface area contributed by atoms with Crippen LogP contribution in [0.2, 0.25) is 0 Å². The number of carboxylic acid groups (broad SMARTS) is 1. The smallest absolute Gasteiger partial charge is 0.382 e. The van der Waals surface area contributed by atoms with E-state index < -0.39 is 11.8 Å². The van der Waals surface area contributed by atoms with E-state index in [-0.39, 0.29) is 0 Å². The standard InChI is InChI=1S/C11H8O4/c1-15-9-4-2-8(3-5-9)10(12)6-7-11(13)14/h2-5H,1H3,(H,13,14). The van der Waals surface area contributed by atoms with Crippen LogP contribution in [0, 0.1) is 11.8 Å². The Kier molecular flexibility index (Phi) is 3.47. The van der Waals surface area contributed by atoms with Gasteiger partial charge in [0.25, 0.3) is 0 Å². The number of carboxylic acids is 1. The van der Waals surface area contributed by atoms with E-state index in [1.807, 2.05) is 5.92 Å². The summed E-state index contributed by atoms with van der Waals surface area (Å²) in [6.45, 7) is 0. The highest BCUT2D eigenvalue weighted by molar-refractivity contribution is 6.11. The van der Waals surface area contributed by atoms with Gasteiger partial charge in [-0.05, 0) is 30.2 Å². The molecule has 0 atom stereocenters. The van der Waals surface area contributed by atoms with Gasteiger partial charge in [0.2, 0.25) is 5.78 Å². The van der Waals surface area contributed by atoms with Crippen molar-refractivity contribution in [3.8, 4) is 17.6 Å². The van der Waals surface area contributed by atoms with Crippen LogP contribution < -0.4 is 4.74 Å². The van der Waals surface area contributed by atoms with Crippen molar-refractivity contribution in [3.05, 3.63) is 29.8 Å². The minimum absolute atomic E-state index is 0.338. The maximum absolute atomic E-state index is 11.3. The van der Waals surface area contributed by atoms with Gasteiger partial charge < -0.3 is 9.84 Å². The Morgan fingerprint density at radius 3 is 2.27 bits per heavy atom. The minimum Gasteiger partial charge on any atom is -0.497 e. The van der Waals surface area contributed by atoms with Gasteiger partial charge >= 0.3 is 5.97 Å². The number of rotatable bonds is 2. The van der Waals surface area contributed by atoms with E-state index in [4.69, 9.17) is 9.84 Å². The zero-order valence-electron chi connectivity index (χ0n) is 7.98. The number of hydrogen-bond acceptors (Lipinski definition) is 3. The summed E-state index contributed by atoms with van der Waals surface area (Å²) in [5.74, 6) is 2.54. The molecular weight excluding hydrogens is 196 g/mol. The Bertz CT molecular complexity index is 434. The van der Waals surface area contributed by atoms with Crippen LogP contribution in [0.4, 0.5) is 0 Å². The average molecular weight is 204 g/mol. The molecule has 0 aliphatic heterocycles. The summed E-state index contributed by atoms with van der Waals surface area (Å²) in [5, 5.41) is 8.25. The van der Waals surface area contributed by atoms with Gasteiger partial charge in [-0.2, -0.15) is 0 Å². The number of ether oxygens (including phenoxy) is 1. The first-order valence-electron chi connectivity index (χ1n) is 4.07. The van der Waals surface area contributed by atoms with Gasteiger partial charge in [0.1, 0.15) is 5.75 Å². The summed E-state index contributed by atoms with van der Waals surface area (Å²) in [7, 11) is 1.51. The quantitative estimate of drug-likeness (QED) is 0.443. The van der Waals surface area contributed by atoms with Crippen molar-refractivity contribution in [1.29, 1.82) is 0 Å². The first-order valence-corrected chi connectivity index (χ1v) is 4.07. The van der Waals surface area contributed by atoms with Crippen LogP contribution in [0.15, 0.2) is 24.3 Å². The normalized spacial score (nSPS) is 8.60. The molecule has 0 unspecified atom stereocenters. The van der Waals surface area contributed by atoms with E-state index in [1.165, 1.54) is 19.2 Å². The Hall–Kier alpha value is -2.28. The predicted octanol–water partition coefficient (Wildman–Crippen LogP) is 0.966. The van der Waals surface area contributed by atoms with Crippen LogP contribution in [0.1, 0.15) is 10.4 Å². The van der Waals surface area contributed by atoms with E-state index in [2.05, 4.69) is 0 Å². The van der Waals surface area contributed by atoms with Crippen molar-refractivity contribution >= 4 is 11.8 Å². The molecule has 0 saturated carbocycles. The van der Waals surface area contributed by atoms with Crippen molar-refractivity contribution < 1.29 is 19.4 Å². The highest BCUT2D eigenvalue weighted by Gasteiger charge is 2.02. The molecule has 0 fully saturated rings. The highest BCUT2D eigenvalue weighted by atomic mass is 16.5. The third-order valence-corrected chi connectivity index (χ3v) is 1.64. The molecule has 0 spiro atoms. The van der Waals surface area contributed by atoms with Crippen LogP contribution in [0.5, 0.6) is 5.75 Å². The van der Waals surface area contributed by atoms with Crippen molar-refractivity contribution in [3.63, 3.8) is 0 Å². The minimum atomic E-state index is -1.32. The summed E-state index contributed by atoms with van der Waals surface area (Å²) in [4.78, 5) is 21.4.